The molecule has 1 aliphatic heterocycles. The minimum atomic E-state index is -0.312. The Hall–Kier alpha value is -2.58. The van der Waals surface area contributed by atoms with E-state index in [1.165, 1.54) is 0 Å². The molecule has 0 aliphatic carbocycles. The Bertz CT molecular complexity index is 837. The Labute approximate surface area is 168 Å². The van der Waals surface area contributed by atoms with Crippen LogP contribution in [0.4, 0.5) is 5.82 Å². The molecule has 1 aromatic carbocycles. The monoisotopic (exact) mass is 406 g/mol. The van der Waals surface area contributed by atoms with Crippen molar-refractivity contribution < 1.29 is 18.8 Å². The minimum Gasteiger partial charge on any atom is -0.383 e. The first-order valence-corrected chi connectivity index (χ1v) is 9.38. The number of anilines is 1. The first-order valence-electron chi connectivity index (χ1n) is 9.00. The molecular formula is C19H23ClN4O4. The zero-order chi connectivity index (χ0) is 20.1. The fourth-order valence-corrected chi connectivity index (χ4v) is 3.24. The van der Waals surface area contributed by atoms with Gasteiger partial charge in [0, 0.05) is 56.7 Å². The highest BCUT2D eigenvalue weighted by Gasteiger charge is 2.29. The normalized spacial score (nSPS) is 16.5. The van der Waals surface area contributed by atoms with Crippen LogP contribution >= 0.6 is 11.6 Å². The van der Waals surface area contributed by atoms with E-state index < -0.39 is 0 Å². The average molecular weight is 407 g/mol. The molecule has 1 atom stereocenters. The molecule has 0 bridgehead atoms. The number of amides is 2. The number of carbonyl (C=O) groups is 2. The zero-order valence-corrected chi connectivity index (χ0v) is 16.6. The molecule has 0 radical (unpaired) electrons. The van der Waals surface area contributed by atoms with Crippen LogP contribution in [0, 0.1) is 5.92 Å². The molecule has 2 N–H and O–H groups in total. The molecule has 150 valence electrons. The maximum absolute atomic E-state index is 12.9. The van der Waals surface area contributed by atoms with Crippen molar-refractivity contribution >= 4 is 29.2 Å². The molecule has 2 amide bonds. The van der Waals surface area contributed by atoms with Crippen molar-refractivity contribution in [1.82, 2.24) is 15.4 Å². The third kappa shape index (κ3) is 4.63. The molecular weight excluding hydrogens is 384 g/mol. The Morgan fingerprint density at radius 1 is 1.39 bits per heavy atom. The van der Waals surface area contributed by atoms with Crippen molar-refractivity contribution in [2.24, 2.45) is 5.92 Å². The summed E-state index contributed by atoms with van der Waals surface area (Å²) < 4.78 is 10.5. The van der Waals surface area contributed by atoms with E-state index >= 15 is 0 Å². The van der Waals surface area contributed by atoms with E-state index in [1.54, 1.807) is 43.3 Å². The summed E-state index contributed by atoms with van der Waals surface area (Å²) in [6.07, 6.45) is 0.434. The molecule has 1 saturated heterocycles. The molecule has 8 nitrogen and oxygen atoms in total. The van der Waals surface area contributed by atoms with E-state index in [4.69, 9.17) is 20.9 Å². The van der Waals surface area contributed by atoms with Crippen molar-refractivity contribution in [2.45, 2.75) is 6.42 Å². The number of benzene rings is 1. The average Bonchev–Trinajstić information content (AvgIpc) is 3.24. The predicted molar refractivity (Wildman–Crippen MR) is 105 cm³/mol. The van der Waals surface area contributed by atoms with Gasteiger partial charge in [-0.1, -0.05) is 16.8 Å². The quantitative estimate of drug-likeness (QED) is 0.653. The van der Waals surface area contributed by atoms with Crippen molar-refractivity contribution in [2.75, 3.05) is 45.7 Å². The van der Waals surface area contributed by atoms with Crippen LogP contribution < -0.4 is 10.6 Å². The highest BCUT2D eigenvalue weighted by molar-refractivity contribution is 6.30. The van der Waals surface area contributed by atoms with Crippen molar-refractivity contribution in [3.05, 3.63) is 34.9 Å². The molecule has 0 spiro atoms. The molecule has 0 saturated carbocycles. The van der Waals surface area contributed by atoms with Crippen LogP contribution in [0.15, 0.2) is 28.8 Å². The lowest BCUT2D eigenvalue weighted by molar-refractivity contribution is -0.126. The summed E-state index contributed by atoms with van der Waals surface area (Å²) in [5.74, 6) is 0.569. The van der Waals surface area contributed by atoms with Crippen LogP contribution in [0.1, 0.15) is 16.8 Å². The topological polar surface area (TPSA) is 96.7 Å². The number of nitrogens with one attached hydrogen (secondary N) is 2. The second-order valence-electron chi connectivity index (χ2n) is 6.72. The molecule has 1 aromatic heterocycles. The Morgan fingerprint density at radius 3 is 2.79 bits per heavy atom. The molecule has 1 aliphatic rings. The van der Waals surface area contributed by atoms with E-state index in [1.807, 2.05) is 0 Å². The van der Waals surface area contributed by atoms with Gasteiger partial charge in [0.1, 0.15) is 5.56 Å². The molecule has 9 heteroatoms. The lowest BCUT2D eigenvalue weighted by atomic mass is 10.1. The van der Waals surface area contributed by atoms with Gasteiger partial charge in [-0.05, 0) is 24.3 Å². The van der Waals surface area contributed by atoms with E-state index in [-0.39, 0.29) is 17.7 Å². The number of methoxy groups -OCH3 is 1. The standard InChI is InChI=1S/C19H23ClN4O4/c1-24-11-12(9-15(24)25)10-22-19(26)16-17(13-3-5-14(20)6-4-13)28-23-18(16)21-7-8-27-2/h3-6,12H,7-11H2,1-2H3,(H,21,23)(H,22,26). The van der Waals surface area contributed by atoms with Gasteiger partial charge in [-0.3, -0.25) is 9.59 Å². The van der Waals surface area contributed by atoms with E-state index in [0.29, 0.717) is 60.4 Å². The highest BCUT2D eigenvalue weighted by atomic mass is 35.5. The third-order valence-corrected chi connectivity index (χ3v) is 4.85. The number of likely N-dealkylation sites (tertiary alicyclic amines) is 1. The van der Waals surface area contributed by atoms with Gasteiger partial charge < -0.3 is 24.8 Å². The summed E-state index contributed by atoms with van der Waals surface area (Å²) in [5.41, 5.74) is 1.01. The maximum atomic E-state index is 12.9. The van der Waals surface area contributed by atoms with Crippen LogP contribution in [0.5, 0.6) is 0 Å². The lowest BCUT2D eigenvalue weighted by Gasteiger charge is -2.12. The number of ether oxygens (including phenoxy) is 1. The number of carbonyl (C=O) groups excluding carboxylic acids is 2. The van der Waals surface area contributed by atoms with Gasteiger partial charge >= 0.3 is 0 Å². The summed E-state index contributed by atoms with van der Waals surface area (Å²) >= 11 is 5.95. The zero-order valence-electron chi connectivity index (χ0n) is 15.8. The Morgan fingerprint density at radius 2 is 2.14 bits per heavy atom. The summed E-state index contributed by atoms with van der Waals surface area (Å²) in [4.78, 5) is 26.3. The summed E-state index contributed by atoms with van der Waals surface area (Å²) in [6, 6.07) is 6.98. The molecule has 28 heavy (non-hydrogen) atoms. The number of halogens is 1. The maximum Gasteiger partial charge on any atom is 0.259 e. The fourth-order valence-electron chi connectivity index (χ4n) is 3.11. The summed E-state index contributed by atoms with van der Waals surface area (Å²) in [7, 11) is 3.36. The van der Waals surface area contributed by atoms with Gasteiger partial charge in [-0.15, -0.1) is 0 Å². The SMILES string of the molecule is COCCNc1noc(-c2ccc(Cl)cc2)c1C(=O)NCC1CC(=O)N(C)C1. The molecule has 1 unspecified atom stereocenters. The number of hydrogen-bond donors (Lipinski definition) is 2. The van der Waals surface area contributed by atoms with E-state index in [0.717, 1.165) is 0 Å². The van der Waals surface area contributed by atoms with Gasteiger partial charge in [0.05, 0.1) is 6.61 Å². The van der Waals surface area contributed by atoms with E-state index in [2.05, 4.69) is 15.8 Å². The Kier molecular flexibility index (Phi) is 6.53. The van der Waals surface area contributed by atoms with Crippen molar-refractivity contribution in [3.8, 4) is 11.3 Å². The molecule has 2 aromatic rings. The number of nitrogens with zero attached hydrogens (tertiary/aromatic N) is 2. The second-order valence-corrected chi connectivity index (χ2v) is 7.15. The Balaban J connectivity index is 1.79. The van der Waals surface area contributed by atoms with Crippen LogP contribution in [-0.4, -0.2) is 62.3 Å². The molecule has 3 rings (SSSR count). The van der Waals surface area contributed by atoms with Gasteiger partial charge in [0.2, 0.25) is 5.91 Å². The smallest absolute Gasteiger partial charge is 0.259 e. The molecule has 1 fully saturated rings. The second kappa shape index (κ2) is 9.07. The van der Waals surface area contributed by atoms with E-state index in [9.17, 15) is 9.59 Å². The summed E-state index contributed by atoms with van der Waals surface area (Å²) in [6.45, 7) is 1.97. The summed E-state index contributed by atoms with van der Waals surface area (Å²) in [5, 5.41) is 10.6. The number of aromatic nitrogens is 1. The van der Waals surface area contributed by atoms with Gasteiger partial charge in [0.25, 0.3) is 5.91 Å². The number of rotatable bonds is 8. The van der Waals surface area contributed by atoms with Crippen LogP contribution in [0.2, 0.25) is 5.02 Å². The first kappa shape index (κ1) is 20.2. The highest BCUT2D eigenvalue weighted by Crippen LogP contribution is 2.30. The van der Waals surface area contributed by atoms with Crippen LogP contribution in [0.25, 0.3) is 11.3 Å². The molecule has 2 heterocycles. The van der Waals surface area contributed by atoms with Gasteiger partial charge in [0.15, 0.2) is 11.6 Å². The number of hydrogen-bond acceptors (Lipinski definition) is 6. The van der Waals surface area contributed by atoms with Crippen molar-refractivity contribution in [3.63, 3.8) is 0 Å². The predicted octanol–water partition coefficient (Wildman–Crippen LogP) is 2.26. The third-order valence-electron chi connectivity index (χ3n) is 4.60. The van der Waals surface area contributed by atoms with Gasteiger partial charge in [-0.2, -0.15) is 0 Å². The van der Waals surface area contributed by atoms with Crippen LogP contribution in [0.3, 0.4) is 0 Å². The minimum absolute atomic E-state index is 0.0881. The van der Waals surface area contributed by atoms with Crippen LogP contribution in [-0.2, 0) is 9.53 Å². The first-order chi connectivity index (χ1) is 13.5. The largest absolute Gasteiger partial charge is 0.383 e. The van der Waals surface area contributed by atoms with Crippen molar-refractivity contribution in [1.29, 1.82) is 0 Å². The fraction of sp³-hybridized carbons (Fsp3) is 0.421. The lowest BCUT2D eigenvalue weighted by Crippen LogP contribution is -2.31. The van der Waals surface area contributed by atoms with Gasteiger partial charge in [-0.25, -0.2) is 0 Å².